The lowest BCUT2D eigenvalue weighted by molar-refractivity contribution is 0.980. The van der Waals surface area contributed by atoms with Gasteiger partial charge >= 0.3 is 0 Å². The van der Waals surface area contributed by atoms with Gasteiger partial charge in [0.1, 0.15) is 0 Å². The van der Waals surface area contributed by atoms with Crippen molar-refractivity contribution in [3.05, 3.63) is 47.7 Å². The van der Waals surface area contributed by atoms with Crippen LogP contribution in [0.15, 0.2) is 52.7 Å². The van der Waals surface area contributed by atoms with Gasteiger partial charge in [-0.05, 0) is 18.6 Å². The first kappa shape index (κ1) is 7.29. The largest absolute Gasteiger partial charge is 0.262 e. The molecule has 1 aliphatic heterocycles. The first-order valence-electron chi connectivity index (χ1n) is 4.14. The third-order valence-electron chi connectivity index (χ3n) is 2.07. The Morgan fingerprint density at radius 2 is 2.25 bits per heavy atom. The van der Waals surface area contributed by atoms with Crippen LogP contribution in [0.2, 0.25) is 0 Å². The van der Waals surface area contributed by atoms with Crippen LogP contribution >= 0.6 is 0 Å². The van der Waals surface area contributed by atoms with Crippen LogP contribution in [-0.4, -0.2) is 6.21 Å². The van der Waals surface area contributed by atoms with Crippen molar-refractivity contribution in [3.8, 4) is 0 Å². The van der Waals surface area contributed by atoms with Crippen molar-refractivity contribution in [2.45, 2.75) is 6.92 Å². The minimum atomic E-state index is 0.428. The van der Waals surface area contributed by atoms with E-state index in [0.29, 0.717) is 5.92 Å². The molecule has 0 N–H and O–H groups in total. The standard InChI is InChI=1S/C11H11N/c1-9-8-11-5-3-2-4-10(11)6-7-12-9/h2-8,11H,1H3. The topological polar surface area (TPSA) is 12.4 Å². The fraction of sp³-hybridized carbons (Fsp3) is 0.182. The van der Waals surface area contributed by atoms with Crippen molar-refractivity contribution in [3.63, 3.8) is 0 Å². The molecule has 12 heavy (non-hydrogen) atoms. The van der Waals surface area contributed by atoms with Gasteiger partial charge in [-0.15, -0.1) is 0 Å². The van der Waals surface area contributed by atoms with Crippen molar-refractivity contribution >= 4 is 6.21 Å². The number of rotatable bonds is 0. The number of fused-ring (bicyclic) bond motifs is 1. The Bertz CT molecular complexity index is 327. The Morgan fingerprint density at radius 3 is 3.17 bits per heavy atom. The van der Waals surface area contributed by atoms with Crippen LogP contribution in [-0.2, 0) is 0 Å². The average molecular weight is 157 g/mol. The number of allylic oxidation sites excluding steroid dienone is 8. The Morgan fingerprint density at radius 1 is 1.33 bits per heavy atom. The van der Waals surface area contributed by atoms with Crippen LogP contribution in [0, 0.1) is 5.92 Å². The van der Waals surface area contributed by atoms with Gasteiger partial charge in [-0.2, -0.15) is 0 Å². The minimum Gasteiger partial charge on any atom is -0.262 e. The summed E-state index contributed by atoms with van der Waals surface area (Å²) < 4.78 is 0. The first-order valence-corrected chi connectivity index (χ1v) is 4.14. The normalized spacial score (nSPS) is 25.9. The Labute approximate surface area is 72.5 Å². The van der Waals surface area contributed by atoms with E-state index in [9.17, 15) is 0 Å². The predicted octanol–water partition coefficient (Wildman–Crippen LogP) is 2.64. The molecule has 0 spiro atoms. The zero-order valence-electron chi connectivity index (χ0n) is 7.07. The first-order chi connectivity index (χ1) is 5.86. The predicted molar refractivity (Wildman–Crippen MR) is 52.1 cm³/mol. The molecule has 0 fully saturated rings. The maximum Gasteiger partial charge on any atom is 0.0342 e. The van der Waals surface area contributed by atoms with Crippen molar-refractivity contribution in [2.75, 3.05) is 0 Å². The second-order valence-corrected chi connectivity index (χ2v) is 3.02. The zero-order valence-corrected chi connectivity index (χ0v) is 7.07. The fourth-order valence-corrected chi connectivity index (χ4v) is 1.43. The van der Waals surface area contributed by atoms with E-state index in [1.807, 2.05) is 13.1 Å². The molecule has 60 valence electrons. The molecular formula is C11H11N. The van der Waals surface area contributed by atoms with Gasteiger partial charge in [0, 0.05) is 17.8 Å². The van der Waals surface area contributed by atoms with E-state index in [4.69, 9.17) is 0 Å². The number of hydrogen-bond donors (Lipinski definition) is 0. The summed E-state index contributed by atoms with van der Waals surface area (Å²) in [7, 11) is 0. The van der Waals surface area contributed by atoms with Crippen molar-refractivity contribution < 1.29 is 0 Å². The highest BCUT2D eigenvalue weighted by atomic mass is 14.7. The lowest BCUT2D eigenvalue weighted by Crippen LogP contribution is -1.97. The molecule has 1 heteroatoms. The van der Waals surface area contributed by atoms with E-state index in [1.165, 1.54) is 5.57 Å². The molecule has 0 amide bonds. The summed E-state index contributed by atoms with van der Waals surface area (Å²) in [4.78, 5) is 4.24. The lowest BCUT2D eigenvalue weighted by atomic mass is 9.94. The third-order valence-corrected chi connectivity index (χ3v) is 2.07. The second kappa shape index (κ2) is 2.94. The van der Waals surface area contributed by atoms with Gasteiger partial charge in [-0.25, -0.2) is 0 Å². The van der Waals surface area contributed by atoms with E-state index in [1.54, 1.807) is 0 Å². The van der Waals surface area contributed by atoms with Crippen LogP contribution in [0.4, 0.5) is 0 Å². The molecule has 1 unspecified atom stereocenters. The van der Waals surface area contributed by atoms with Gasteiger partial charge in [0.25, 0.3) is 0 Å². The molecule has 0 bridgehead atoms. The van der Waals surface area contributed by atoms with Crippen molar-refractivity contribution in [2.24, 2.45) is 10.9 Å². The van der Waals surface area contributed by atoms with Crippen molar-refractivity contribution in [1.29, 1.82) is 0 Å². The van der Waals surface area contributed by atoms with E-state index in [2.05, 4.69) is 41.4 Å². The molecule has 1 nitrogen and oxygen atoms in total. The minimum absolute atomic E-state index is 0.428. The molecule has 2 aliphatic rings. The van der Waals surface area contributed by atoms with E-state index in [0.717, 1.165) is 5.70 Å². The maximum absolute atomic E-state index is 4.24. The SMILES string of the molecule is CC1=CC2C=CC=CC2=CC=N1. The highest BCUT2D eigenvalue weighted by Gasteiger charge is 2.09. The molecule has 1 atom stereocenters. The Hall–Kier alpha value is -1.37. The van der Waals surface area contributed by atoms with Crippen LogP contribution in [0.3, 0.4) is 0 Å². The number of nitrogens with zero attached hydrogens (tertiary/aromatic N) is 1. The zero-order chi connectivity index (χ0) is 8.39. The maximum atomic E-state index is 4.24. The lowest BCUT2D eigenvalue weighted by Gasteiger charge is -2.10. The van der Waals surface area contributed by atoms with Gasteiger partial charge in [0.2, 0.25) is 0 Å². The molecule has 0 saturated carbocycles. The van der Waals surface area contributed by atoms with Gasteiger partial charge < -0.3 is 0 Å². The van der Waals surface area contributed by atoms with Crippen LogP contribution < -0.4 is 0 Å². The summed E-state index contributed by atoms with van der Waals surface area (Å²) in [6, 6.07) is 0. The van der Waals surface area contributed by atoms with E-state index < -0.39 is 0 Å². The molecule has 2 rings (SSSR count). The summed E-state index contributed by atoms with van der Waals surface area (Å²) in [5, 5.41) is 0. The highest BCUT2D eigenvalue weighted by Crippen LogP contribution is 2.22. The molecule has 1 heterocycles. The van der Waals surface area contributed by atoms with Crippen LogP contribution in [0.1, 0.15) is 6.92 Å². The van der Waals surface area contributed by atoms with E-state index >= 15 is 0 Å². The average Bonchev–Trinajstić information content (AvgIpc) is 2.25. The molecule has 0 aromatic heterocycles. The molecule has 0 aromatic rings. The Kier molecular flexibility index (Phi) is 1.78. The fourth-order valence-electron chi connectivity index (χ4n) is 1.43. The number of hydrogen-bond acceptors (Lipinski definition) is 1. The molecule has 1 aliphatic carbocycles. The quantitative estimate of drug-likeness (QED) is 0.512. The smallest absolute Gasteiger partial charge is 0.0342 e. The summed E-state index contributed by atoms with van der Waals surface area (Å²) in [6.45, 7) is 2.03. The van der Waals surface area contributed by atoms with Gasteiger partial charge in [-0.1, -0.05) is 30.4 Å². The van der Waals surface area contributed by atoms with Crippen LogP contribution in [0.25, 0.3) is 0 Å². The van der Waals surface area contributed by atoms with Gasteiger partial charge in [0.15, 0.2) is 0 Å². The summed E-state index contributed by atoms with van der Waals surface area (Å²) in [6.07, 6.45) is 14.6. The number of aliphatic imine (C=N–C) groups is 1. The van der Waals surface area contributed by atoms with E-state index in [-0.39, 0.29) is 0 Å². The van der Waals surface area contributed by atoms with Gasteiger partial charge in [0.05, 0.1) is 0 Å². The molecule has 0 radical (unpaired) electrons. The second-order valence-electron chi connectivity index (χ2n) is 3.02. The molecular weight excluding hydrogens is 146 g/mol. The monoisotopic (exact) mass is 157 g/mol. The van der Waals surface area contributed by atoms with Gasteiger partial charge in [-0.3, -0.25) is 4.99 Å². The summed E-state index contributed by atoms with van der Waals surface area (Å²) in [5.74, 6) is 0.428. The summed E-state index contributed by atoms with van der Waals surface area (Å²) >= 11 is 0. The van der Waals surface area contributed by atoms with Crippen molar-refractivity contribution in [1.82, 2.24) is 0 Å². The molecule has 0 saturated heterocycles. The van der Waals surface area contributed by atoms with Crippen LogP contribution in [0.5, 0.6) is 0 Å². The highest BCUT2D eigenvalue weighted by molar-refractivity contribution is 5.75. The third kappa shape index (κ3) is 1.30. The summed E-state index contributed by atoms with van der Waals surface area (Å²) in [5.41, 5.74) is 2.41. The molecule has 0 aromatic carbocycles. The Balaban J connectivity index is 2.40.